The van der Waals surface area contributed by atoms with E-state index in [0.29, 0.717) is 23.2 Å². The molecule has 0 aromatic heterocycles. The van der Waals surface area contributed by atoms with E-state index in [0.717, 1.165) is 32.6 Å². The average Bonchev–Trinajstić information content (AvgIpc) is 3.13. The monoisotopic (exact) mass is 540 g/mol. The van der Waals surface area contributed by atoms with Gasteiger partial charge in [-0.2, -0.15) is 0 Å². The first-order valence-electron chi connectivity index (χ1n) is 14.0. The number of carbonyl (C=O) groups excluding carboxylic acids is 3. The van der Waals surface area contributed by atoms with Crippen LogP contribution in [-0.2, 0) is 22.7 Å². The molecule has 1 N–H and O–H groups in total. The Morgan fingerprint density at radius 2 is 1.55 bits per heavy atom. The topological polar surface area (TPSA) is 73.0 Å². The SMILES string of the molecule is O=C1CCC(N2Cc3c(ccc(CN4CCCN(C(c5ccccc5)c5ccccc5)CC4)c3F)C2=O)C(=O)N1. The van der Waals surface area contributed by atoms with Gasteiger partial charge in [0.05, 0.1) is 12.6 Å². The van der Waals surface area contributed by atoms with E-state index in [2.05, 4.69) is 63.6 Å². The summed E-state index contributed by atoms with van der Waals surface area (Å²) >= 11 is 0. The first-order chi connectivity index (χ1) is 19.5. The van der Waals surface area contributed by atoms with Crippen LogP contribution in [0.3, 0.4) is 0 Å². The number of benzene rings is 3. The predicted molar refractivity (Wildman–Crippen MR) is 149 cm³/mol. The third kappa shape index (κ3) is 5.17. The van der Waals surface area contributed by atoms with Crippen LogP contribution < -0.4 is 5.32 Å². The van der Waals surface area contributed by atoms with Gasteiger partial charge in [0.25, 0.3) is 5.91 Å². The van der Waals surface area contributed by atoms with E-state index in [-0.39, 0.29) is 43.1 Å². The lowest BCUT2D eigenvalue weighted by molar-refractivity contribution is -0.136. The number of fused-ring (bicyclic) bond motifs is 1. The Kier molecular flexibility index (Phi) is 7.45. The fraction of sp³-hybridized carbons (Fsp3) is 0.344. The Bertz CT molecular complexity index is 1370. The lowest BCUT2D eigenvalue weighted by Gasteiger charge is -2.31. The van der Waals surface area contributed by atoms with Crippen LogP contribution in [0.25, 0.3) is 0 Å². The summed E-state index contributed by atoms with van der Waals surface area (Å²) in [4.78, 5) is 43.1. The molecule has 0 spiro atoms. The quantitative estimate of drug-likeness (QED) is 0.481. The molecule has 0 aliphatic carbocycles. The zero-order valence-corrected chi connectivity index (χ0v) is 22.4. The van der Waals surface area contributed by atoms with Crippen molar-refractivity contribution in [1.29, 1.82) is 0 Å². The van der Waals surface area contributed by atoms with Gasteiger partial charge < -0.3 is 4.90 Å². The zero-order valence-electron chi connectivity index (χ0n) is 22.4. The molecule has 3 aromatic rings. The number of hydrogen-bond acceptors (Lipinski definition) is 5. The second-order valence-corrected chi connectivity index (χ2v) is 10.9. The number of rotatable bonds is 6. The summed E-state index contributed by atoms with van der Waals surface area (Å²) in [5, 5.41) is 2.30. The molecule has 7 nitrogen and oxygen atoms in total. The molecule has 3 aliphatic rings. The lowest BCUT2D eigenvalue weighted by atomic mass is 9.97. The molecule has 2 fully saturated rings. The minimum Gasteiger partial charge on any atom is -0.322 e. The first-order valence-corrected chi connectivity index (χ1v) is 14.0. The molecule has 0 saturated carbocycles. The molecule has 3 aliphatic heterocycles. The van der Waals surface area contributed by atoms with E-state index in [1.54, 1.807) is 12.1 Å². The lowest BCUT2D eigenvalue weighted by Crippen LogP contribution is -2.52. The van der Waals surface area contributed by atoms with Crippen molar-refractivity contribution in [3.8, 4) is 0 Å². The average molecular weight is 541 g/mol. The fourth-order valence-electron chi connectivity index (χ4n) is 6.31. The van der Waals surface area contributed by atoms with E-state index in [1.165, 1.54) is 16.0 Å². The van der Waals surface area contributed by atoms with Gasteiger partial charge in [-0.3, -0.25) is 29.5 Å². The molecule has 206 valence electrons. The highest BCUT2D eigenvalue weighted by molar-refractivity contribution is 6.05. The Morgan fingerprint density at radius 3 is 2.23 bits per heavy atom. The van der Waals surface area contributed by atoms with E-state index in [9.17, 15) is 14.4 Å². The van der Waals surface area contributed by atoms with Crippen LogP contribution >= 0.6 is 0 Å². The molecule has 2 saturated heterocycles. The Morgan fingerprint density at radius 1 is 0.850 bits per heavy atom. The van der Waals surface area contributed by atoms with Gasteiger partial charge in [-0.1, -0.05) is 66.7 Å². The standard InChI is InChI=1S/C32H33FN4O3/c33-29-24(12-13-25-26(29)21-37(32(25)40)27-14-15-28(38)34-31(27)39)20-35-16-7-17-36(19-18-35)30(22-8-3-1-4-9-22)23-10-5-2-6-11-23/h1-6,8-13,27,30H,7,14-21H2,(H,34,38,39). The smallest absolute Gasteiger partial charge is 0.255 e. The van der Waals surface area contributed by atoms with Crippen LogP contribution in [0, 0.1) is 5.82 Å². The maximum atomic E-state index is 15.8. The van der Waals surface area contributed by atoms with E-state index in [4.69, 9.17) is 0 Å². The summed E-state index contributed by atoms with van der Waals surface area (Å²) in [6.45, 7) is 3.94. The predicted octanol–water partition coefficient (Wildman–Crippen LogP) is 3.88. The molecule has 1 atom stereocenters. The molecule has 3 aromatic carbocycles. The van der Waals surface area contributed by atoms with E-state index < -0.39 is 11.9 Å². The molecule has 3 amide bonds. The summed E-state index contributed by atoms with van der Waals surface area (Å²) in [5.41, 5.74) is 3.74. The van der Waals surface area contributed by atoms with Gasteiger partial charge in [0.1, 0.15) is 11.9 Å². The van der Waals surface area contributed by atoms with E-state index in [1.807, 2.05) is 12.1 Å². The molecule has 8 heteroatoms. The number of nitrogens with one attached hydrogen (secondary N) is 1. The summed E-state index contributed by atoms with van der Waals surface area (Å²) < 4.78 is 15.8. The van der Waals surface area contributed by atoms with Crippen LogP contribution in [0.2, 0.25) is 0 Å². The van der Waals surface area contributed by atoms with Crippen molar-refractivity contribution in [3.63, 3.8) is 0 Å². The van der Waals surface area contributed by atoms with Crippen molar-refractivity contribution in [2.75, 3.05) is 26.2 Å². The van der Waals surface area contributed by atoms with Gasteiger partial charge in [0.2, 0.25) is 11.8 Å². The number of imide groups is 1. The molecule has 0 bridgehead atoms. The van der Waals surface area contributed by atoms with Crippen molar-refractivity contribution in [2.45, 2.75) is 44.4 Å². The first kappa shape index (κ1) is 26.3. The maximum absolute atomic E-state index is 15.8. The van der Waals surface area contributed by atoms with Crippen LogP contribution in [0.5, 0.6) is 0 Å². The number of amides is 3. The zero-order chi connectivity index (χ0) is 27.6. The number of carbonyl (C=O) groups is 3. The van der Waals surface area contributed by atoms with Crippen LogP contribution in [0.1, 0.15) is 57.9 Å². The summed E-state index contributed by atoms with van der Waals surface area (Å²) in [5.74, 6) is -1.55. The Labute approximate surface area is 233 Å². The van der Waals surface area contributed by atoms with E-state index >= 15 is 4.39 Å². The van der Waals surface area contributed by atoms with Gasteiger partial charge in [-0.05, 0) is 36.6 Å². The van der Waals surface area contributed by atoms with Crippen molar-refractivity contribution in [2.24, 2.45) is 0 Å². The van der Waals surface area contributed by atoms with Gasteiger partial charge in [-0.15, -0.1) is 0 Å². The number of piperidine rings is 1. The minimum absolute atomic E-state index is 0.0454. The summed E-state index contributed by atoms with van der Waals surface area (Å²) in [7, 11) is 0. The largest absolute Gasteiger partial charge is 0.322 e. The third-order valence-corrected chi connectivity index (χ3v) is 8.34. The van der Waals surface area contributed by atoms with Crippen molar-refractivity contribution >= 4 is 17.7 Å². The third-order valence-electron chi connectivity index (χ3n) is 8.34. The number of nitrogens with zero attached hydrogens (tertiary/aromatic N) is 3. The van der Waals surface area contributed by atoms with Gasteiger partial charge in [0.15, 0.2) is 0 Å². The van der Waals surface area contributed by atoms with Gasteiger partial charge in [0, 0.05) is 49.3 Å². The summed E-state index contributed by atoms with van der Waals surface area (Å²) in [6.07, 6.45) is 1.40. The van der Waals surface area contributed by atoms with Crippen LogP contribution in [0.15, 0.2) is 72.8 Å². The van der Waals surface area contributed by atoms with Gasteiger partial charge in [-0.25, -0.2) is 4.39 Å². The second-order valence-electron chi connectivity index (χ2n) is 10.9. The molecular formula is C32H33FN4O3. The second kappa shape index (κ2) is 11.3. The fourth-order valence-corrected chi connectivity index (χ4v) is 6.31. The van der Waals surface area contributed by atoms with Crippen molar-refractivity contribution in [3.05, 3.63) is 106 Å². The van der Waals surface area contributed by atoms with Crippen molar-refractivity contribution < 1.29 is 18.8 Å². The van der Waals surface area contributed by atoms with Gasteiger partial charge >= 0.3 is 0 Å². The number of halogens is 1. The Balaban J connectivity index is 1.16. The molecule has 3 heterocycles. The van der Waals surface area contributed by atoms with Crippen molar-refractivity contribution in [1.82, 2.24) is 20.0 Å². The highest BCUT2D eigenvalue weighted by Crippen LogP contribution is 2.32. The van der Waals surface area contributed by atoms with Crippen LogP contribution in [-0.4, -0.2) is 64.6 Å². The highest BCUT2D eigenvalue weighted by atomic mass is 19.1. The maximum Gasteiger partial charge on any atom is 0.255 e. The van der Waals surface area contributed by atoms with Crippen LogP contribution in [0.4, 0.5) is 4.39 Å². The Hall–Kier alpha value is -3.88. The molecule has 40 heavy (non-hydrogen) atoms. The molecule has 1 unspecified atom stereocenters. The minimum atomic E-state index is -0.751. The molecular weight excluding hydrogens is 507 g/mol. The highest BCUT2D eigenvalue weighted by Gasteiger charge is 2.40. The normalized spacial score (nSPS) is 20.5. The number of hydrogen-bond donors (Lipinski definition) is 1. The molecule has 0 radical (unpaired) electrons. The summed E-state index contributed by atoms with van der Waals surface area (Å²) in [6, 6.07) is 23.9. The molecule has 6 rings (SSSR count).